The summed E-state index contributed by atoms with van der Waals surface area (Å²) in [6.07, 6.45) is 4.71. The Morgan fingerprint density at radius 3 is 2.48 bits per heavy atom. The summed E-state index contributed by atoms with van der Waals surface area (Å²) in [7, 11) is 3.91. The van der Waals surface area contributed by atoms with Crippen molar-refractivity contribution in [3.05, 3.63) is 48.0 Å². The molecule has 2 unspecified atom stereocenters. The van der Waals surface area contributed by atoms with Crippen LogP contribution in [0.1, 0.15) is 37.8 Å². The maximum atomic E-state index is 5.82. The molecule has 27 heavy (non-hydrogen) atoms. The molecule has 2 atom stereocenters. The monoisotopic (exact) mass is 372 g/mol. The van der Waals surface area contributed by atoms with E-state index < -0.39 is 0 Å². The first-order valence-electron chi connectivity index (χ1n) is 10.00. The van der Waals surface area contributed by atoms with Crippen LogP contribution in [0.4, 0.5) is 0 Å². The number of nitrogens with zero attached hydrogens (tertiary/aromatic N) is 3. The number of hydrogen-bond acceptors (Lipinski definition) is 3. The van der Waals surface area contributed by atoms with Crippen LogP contribution in [0.15, 0.2) is 41.9 Å². The van der Waals surface area contributed by atoms with Crippen LogP contribution < -0.4 is 5.32 Å². The summed E-state index contributed by atoms with van der Waals surface area (Å²) in [4.78, 5) is 9.02. The first-order valence-corrected chi connectivity index (χ1v) is 10.00. The van der Waals surface area contributed by atoms with Crippen LogP contribution in [-0.4, -0.2) is 61.7 Å². The smallest absolute Gasteiger partial charge is 0.193 e. The zero-order valence-electron chi connectivity index (χ0n) is 17.4. The minimum Gasteiger partial charge on any atom is -0.373 e. The largest absolute Gasteiger partial charge is 0.373 e. The maximum absolute atomic E-state index is 5.82. The molecule has 5 nitrogen and oxygen atoms in total. The molecule has 5 heteroatoms. The Bertz CT molecular complexity index is 589. The van der Waals surface area contributed by atoms with Crippen LogP contribution in [0.5, 0.6) is 0 Å². The van der Waals surface area contributed by atoms with E-state index in [1.54, 1.807) is 0 Å². The molecule has 1 N–H and O–H groups in total. The van der Waals surface area contributed by atoms with Gasteiger partial charge < -0.3 is 15.0 Å². The Labute approximate surface area is 165 Å². The highest BCUT2D eigenvalue weighted by atomic mass is 16.5. The van der Waals surface area contributed by atoms with E-state index in [0.29, 0.717) is 12.2 Å². The van der Waals surface area contributed by atoms with Crippen molar-refractivity contribution in [2.24, 2.45) is 4.99 Å². The third-order valence-electron chi connectivity index (χ3n) is 4.85. The number of rotatable bonds is 8. The molecule has 0 bridgehead atoms. The van der Waals surface area contributed by atoms with Crippen molar-refractivity contribution in [2.45, 2.75) is 52.0 Å². The van der Waals surface area contributed by atoms with E-state index in [2.05, 4.69) is 71.8 Å². The fourth-order valence-electron chi connectivity index (χ4n) is 3.58. The van der Waals surface area contributed by atoms with Gasteiger partial charge in [-0.25, -0.2) is 0 Å². The third-order valence-corrected chi connectivity index (χ3v) is 4.85. The van der Waals surface area contributed by atoms with Gasteiger partial charge in [-0.2, -0.15) is 0 Å². The lowest BCUT2D eigenvalue weighted by molar-refractivity contribution is -0.0704. The second-order valence-corrected chi connectivity index (χ2v) is 7.52. The van der Waals surface area contributed by atoms with E-state index in [9.17, 15) is 0 Å². The number of aliphatic imine (C=N–C) groups is 1. The molecule has 1 aliphatic rings. The molecule has 1 aromatic rings. The summed E-state index contributed by atoms with van der Waals surface area (Å²) in [5.41, 5.74) is 2.62. The number of benzene rings is 1. The van der Waals surface area contributed by atoms with Crippen LogP contribution in [0, 0.1) is 0 Å². The Morgan fingerprint density at radius 2 is 1.89 bits per heavy atom. The van der Waals surface area contributed by atoms with Gasteiger partial charge in [-0.1, -0.05) is 30.3 Å². The first kappa shape index (κ1) is 21.5. The summed E-state index contributed by atoms with van der Waals surface area (Å²) >= 11 is 0. The summed E-state index contributed by atoms with van der Waals surface area (Å²) < 4.78 is 5.82. The van der Waals surface area contributed by atoms with E-state index in [-0.39, 0.29) is 0 Å². The van der Waals surface area contributed by atoms with E-state index in [1.807, 2.05) is 13.1 Å². The molecular formula is C22H36N4O. The number of allylic oxidation sites excluding steroid dienone is 1. The van der Waals surface area contributed by atoms with Crippen molar-refractivity contribution in [3.63, 3.8) is 0 Å². The molecule has 0 spiro atoms. The minimum absolute atomic E-state index is 0.312. The van der Waals surface area contributed by atoms with Crippen molar-refractivity contribution in [2.75, 3.05) is 33.7 Å². The van der Waals surface area contributed by atoms with Gasteiger partial charge in [-0.3, -0.25) is 9.89 Å². The normalized spacial score (nSPS) is 21.1. The Hall–Kier alpha value is -1.85. The van der Waals surface area contributed by atoms with E-state index in [1.165, 1.54) is 11.1 Å². The van der Waals surface area contributed by atoms with Gasteiger partial charge in [0.25, 0.3) is 0 Å². The lowest BCUT2D eigenvalue weighted by Gasteiger charge is -2.35. The SMILES string of the molecule is C=CCCCN(C)C(=NC)NCc1ccc(CN2CC(C)OC(C)C2)cc1. The Balaban J connectivity index is 1.81. The molecule has 0 aromatic heterocycles. The number of ether oxygens (including phenoxy) is 1. The van der Waals surface area contributed by atoms with Crippen molar-refractivity contribution >= 4 is 5.96 Å². The maximum Gasteiger partial charge on any atom is 0.193 e. The van der Waals surface area contributed by atoms with Gasteiger partial charge in [0.2, 0.25) is 0 Å². The highest BCUT2D eigenvalue weighted by Gasteiger charge is 2.21. The van der Waals surface area contributed by atoms with Gasteiger partial charge in [0, 0.05) is 46.8 Å². The molecule has 1 saturated heterocycles. The van der Waals surface area contributed by atoms with E-state index in [4.69, 9.17) is 4.74 Å². The zero-order valence-corrected chi connectivity index (χ0v) is 17.4. The van der Waals surface area contributed by atoms with Crippen LogP contribution >= 0.6 is 0 Å². The van der Waals surface area contributed by atoms with E-state index in [0.717, 1.165) is 51.5 Å². The number of morpholine rings is 1. The molecule has 0 aliphatic carbocycles. The molecule has 1 aliphatic heterocycles. The average Bonchev–Trinajstić information content (AvgIpc) is 2.63. The van der Waals surface area contributed by atoms with Gasteiger partial charge in [-0.05, 0) is 37.8 Å². The lowest BCUT2D eigenvalue weighted by Crippen LogP contribution is -2.44. The number of hydrogen-bond donors (Lipinski definition) is 1. The highest BCUT2D eigenvalue weighted by Crippen LogP contribution is 2.14. The van der Waals surface area contributed by atoms with Crippen molar-refractivity contribution in [1.82, 2.24) is 15.1 Å². The average molecular weight is 373 g/mol. The number of nitrogens with one attached hydrogen (secondary N) is 1. The first-order chi connectivity index (χ1) is 13.0. The van der Waals surface area contributed by atoms with Crippen LogP contribution in [0.2, 0.25) is 0 Å². The Morgan fingerprint density at radius 1 is 1.26 bits per heavy atom. The molecule has 0 radical (unpaired) electrons. The molecular weight excluding hydrogens is 336 g/mol. The van der Waals surface area contributed by atoms with Gasteiger partial charge >= 0.3 is 0 Å². The van der Waals surface area contributed by atoms with Crippen molar-refractivity contribution in [3.8, 4) is 0 Å². The fourth-order valence-corrected chi connectivity index (χ4v) is 3.58. The summed E-state index contributed by atoms with van der Waals surface area (Å²) in [6.45, 7) is 12.8. The minimum atomic E-state index is 0.312. The lowest BCUT2D eigenvalue weighted by atomic mass is 10.1. The molecule has 2 rings (SSSR count). The summed E-state index contributed by atoms with van der Waals surface area (Å²) in [5.74, 6) is 0.930. The quantitative estimate of drug-likeness (QED) is 0.329. The molecule has 1 fully saturated rings. The molecule has 0 saturated carbocycles. The van der Waals surface area contributed by atoms with Crippen molar-refractivity contribution < 1.29 is 4.74 Å². The van der Waals surface area contributed by atoms with E-state index >= 15 is 0 Å². The molecule has 150 valence electrons. The summed E-state index contributed by atoms with van der Waals surface area (Å²) in [6, 6.07) is 8.89. The van der Waals surface area contributed by atoms with Gasteiger partial charge in [-0.15, -0.1) is 6.58 Å². The number of unbranched alkanes of at least 4 members (excludes halogenated alkanes) is 1. The van der Waals surface area contributed by atoms with Gasteiger partial charge in [0.05, 0.1) is 12.2 Å². The Kier molecular flexibility index (Phi) is 8.82. The van der Waals surface area contributed by atoms with Gasteiger partial charge in [0.15, 0.2) is 5.96 Å². The predicted molar refractivity (Wildman–Crippen MR) is 114 cm³/mol. The topological polar surface area (TPSA) is 40.1 Å². The van der Waals surface area contributed by atoms with Crippen LogP contribution in [0.3, 0.4) is 0 Å². The van der Waals surface area contributed by atoms with Gasteiger partial charge in [0.1, 0.15) is 0 Å². The van der Waals surface area contributed by atoms with Crippen molar-refractivity contribution in [1.29, 1.82) is 0 Å². The summed E-state index contributed by atoms with van der Waals surface area (Å²) in [5, 5.41) is 3.45. The molecule has 0 amide bonds. The predicted octanol–water partition coefficient (Wildman–Crippen LogP) is 3.27. The standard InChI is InChI=1S/C22H36N4O/c1-6-7-8-13-25(5)22(23-4)24-14-20-9-11-21(12-10-20)17-26-15-18(2)27-19(3)16-26/h6,9-12,18-19H,1,7-8,13-17H2,2-5H3,(H,23,24). The molecule has 1 aromatic carbocycles. The second kappa shape index (κ2) is 11.1. The second-order valence-electron chi connectivity index (χ2n) is 7.52. The highest BCUT2D eigenvalue weighted by molar-refractivity contribution is 5.79. The fraction of sp³-hybridized carbons (Fsp3) is 0.591. The third kappa shape index (κ3) is 7.35. The molecule has 1 heterocycles. The van der Waals surface area contributed by atoms with Crippen LogP contribution in [-0.2, 0) is 17.8 Å². The number of guanidine groups is 1. The van der Waals surface area contributed by atoms with Crippen LogP contribution in [0.25, 0.3) is 0 Å². The zero-order chi connectivity index (χ0) is 19.6.